The van der Waals surface area contributed by atoms with E-state index < -0.39 is 5.97 Å². The molecule has 0 radical (unpaired) electrons. The molecule has 5 heteroatoms. The molecule has 0 atom stereocenters. The maximum Gasteiger partial charge on any atom is 0.342 e. The van der Waals surface area contributed by atoms with Gasteiger partial charge in [-0.25, -0.2) is 4.79 Å². The zero-order valence-corrected chi connectivity index (χ0v) is 14.5. The van der Waals surface area contributed by atoms with Crippen molar-refractivity contribution in [2.75, 3.05) is 26.8 Å². The first-order valence-corrected chi connectivity index (χ1v) is 8.71. The Labute approximate surface area is 147 Å². The monoisotopic (exact) mass is 341 g/mol. The molecule has 3 rings (SSSR count). The molecule has 0 N–H and O–H groups in total. The third-order valence-corrected chi connectivity index (χ3v) is 4.57. The lowest BCUT2D eigenvalue weighted by Crippen LogP contribution is -2.35. The lowest BCUT2D eigenvalue weighted by molar-refractivity contribution is -0.134. The Morgan fingerprint density at radius 3 is 2.28 bits per heavy atom. The minimum Gasteiger partial charge on any atom is -0.496 e. The summed E-state index contributed by atoms with van der Waals surface area (Å²) in [6, 6.07) is 11.3. The number of esters is 1. The predicted molar refractivity (Wildman–Crippen MR) is 95.8 cm³/mol. The molecule has 1 amide bonds. The second kappa shape index (κ2) is 8.01. The van der Waals surface area contributed by atoms with Crippen LogP contribution in [-0.4, -0.2) is 43.6 Å². The van der Waals surface area contributed by atoms with E-state index in [4.69, 9.17) is 9.47 Å². The molecule has 1 aliphatic heterocycles. The van der Waals surface area contributed by atoms with Crippen LogP contribution in [-0.2, 0) is 9.53 Å². The summed E-state index contributed by atoms with van der Waals surface area (Å²) in [7, 11) is 1.52. The second-order valence-electron chi connectivity index (χ2n) is 6.27. The number of fused-ring (bicyclic) bond motifs is 1. The molecule has 1 saturated heterocycles. The van der Waals surface area contributed by atoms with Gasteiger partial charge in [0.15, 0.2) is 6.61 Å². The van der Waals surface area contributed by atoms with Gasteiger partial charge in [0.05, 0.1) is 7.11 Å². The average molecular weight is 341 g/mol. The number of methoxy groups -OCH3 is 1. The van der Waals surface area contributed by atoms with Crippen molar-refractivity contribution in [3.05, 3.63) is 42.0 Å². The molecular formula is C20H23NO4. The molecule has 0 bridgehead atoms. The van der Waals surface area contributed by atoms with Gasteiger partial charge < -0.3 is 14.4 Å². The SMILES string of the molecule is COc1cc2ccccc2cc1C(=O)OCC(=O)N1CCCCCC1. The van der Waals surface area contributed by atoms with Crippen LogP contribution in [0.2, 0.25) is 0 Å². The van der Waals surface area contributed by atoms with Crippen LogP contribution in [0.25, 0.3) is 10.8 Å². The highest BCUT2D eigenvalue weighted by Crippen LogP contribution is 2.26. The van der Waals surface area contributed by atoms with Crippen molar-refractivity contribution in [2.24, 2.45) is 0 Å². The summed E-state index contributed by atoms with van der Waals surface area (Å²) >= 11 is 0. The smallest absolute Gasteiger partial charge is 0.342 e. The summed E-state index contributed by atoms with van der Waals surface area (Å²) in [5.41, 5.74) is 0.338. The molecule has 0 aliphatic carbocycles. The van der Waals surface area contributed by atoms with E-state index in [-0.39, 0.29) is 12.5 Å². The van der Waals surface area contributed by atoms with Crippen molar-refractivity contribution < 1.29 is 19.1 Å². The van der Waals surface area contributed by atoms with Gasteiger partial charge in [-0.2, -0.15) is 0 Å². The number of carbonyl (C=O) groups excluding carboxylic acids is 2. The Hall–Kier alpha value is -2.56. The Kier molecular flexibility index (Phi) is 5.53. The molecule has 2 aromatic carbocycles. The molecule has 2 aromatic rings. The molecule has 0 aromatic heterocycles. The van der Waals surface area contributed by atoms with Crippen LogP contribution in [0.15, 0.2) is 36.4 Å². The van der Waals surface area contributed by atoms with Gasteiger partial charge in [-0.3, -0.25) is 4.79 Å². The quantitative estimate of drug-likeness (QED) is 0.800. The molecular weight excluding hydrogens is 318 g/mol. The number of carbonyl (C=O) groups is 2. The molecule has 0 unspecified atom stereocenters. The van der Waals surface area contributed by atoms with Crippen molar-refractivity contribution >= 4 is 22.6 Å². The Morgan fingerprint density at radius 1 is 1.00 bits per heavy atom. The van der Waals surface area contributed by atoms with Gasteiger partial charge in [0.2, 0.25) is 0 Å². The number of ether oxygens (including phenoxy) is 2. The Bertz CT molecular complexity index is 763. The predicted octanol–water partition coefficient (Wildman–Crippen LogP) is 3.41. The van der Waals surface area contributed by atoms with Gasteiger partial charge >= 0.3 is 5.97 Å². The first kappa shape index (κ1) is 17.3. The third kappa shape index (κ3) is 4.10. The standard InChI is InChI=1S/C20H23NO4/c1-24-18-13-16-9-5-4-8-15(16)12-17(18)20(23)25-14-19(22)21-10-6-2-3-7-11-21/h4-5,8-9,12-13H,2-3,6-7,10-11,14H2,1H3. The lowest BCUT2D eigenvalue weighted by Gasteiger charge is -2.20. The van der Waals surface area contributed by atoms with Crippen LogP contribution in [0, 0.1) is 0 Å². The maximum absolute atomic E-state index is 12.5. The minimum atomic E-state index is -0.536. The number of likely N-dealkylation sites (tertiary alicyclic amines) is 1. The zero-order chi connectivity index (χ0) is 17.6. The summed E-state index contributed by atoms with van der Waals surface area (Å²) in [4.78, 5) is 26.5. The van der Waals surface area contributed by atoms with Crippen molar-refractivity contribution in [1.82, 2.24) is 4.90 Å². The summed E-state index contributed by atoms with van der Waals surface area (Å²) < 4.78 is 10.6. The number of benzene rings is 2. The van der Waals surface area contributed by atoms with Gasteiger partial charge in [-0.05, 0) is 35.7 Å². The van der Waals surface area contributed by atoms with E-state index in [1.54, 1.807) is 11.0 Å². The van der Waals surface area contributed by atoms with E-state index in [0.717, 1.165) is 49.5 Å². The highest BCUT2D eigenvalue weighted by atomic mass is 16.5. The van der Waals surface area contributed by atoms with Gasteiger partial charge in [-0.1, -0.05) is 37.1 Å². The number of hydrogen-bond acceptors (Lipinski definition) is 4. The normalized spacial score (nSPS) is 14.8. The summed E-state index contributed by atoms with van der Waals surface area (Å²) in [6.07, 6.45) is 4.33. The van der Waals surface area contributed by atoms with E-state index in [9.17, 15) is 9.59 Å². The van der Waals surface area contributed by atoms with Crippen LogP contribution in [0.4, 0.5) is 0 Å². The van der Waals surface area contributed by atoms with Gasteiger partial charge in [0.25, 0.3) is 5.91 Å². The van der Waals surface area contributed by atoms with E-state index in [2.05, 4.69) is 0 Å². The van der Waals surface area contributed by atoms with Crippen molar-refractivity contribution in [3.63, 3.8) is 0 Å². The second-order valence-corrected chi connectivity index (χ2v) is 6.27. The first-order chi connectivity index (χ1) is 12.2. The summed E-state index contributed by atoms with van der Waals surface area (Å²) in [5.74, 6) is -0.216. The maximum atomic E-state index is 12.5. The molecule has 1 heterocycles. The number of hydrogen-bond donors (Lipinski definition) is 0. The number of nitrogens with zero attached hydrogens (tertiary/aromatic N) is 1. The van der Waals surface area contributed by atoms with Gasteiger partial charge in [0.1, 0.15) is 11.3 Å². The van der Waals surface area contributed by atoms with Crippen LogP contribution >= 0.6 is 0 Å². The molecule has 5 nitrogen and oxygen atoms in total. The topological polar surface area (TPSA) is 55.8 Å². The van der Waals surface area contributed by atoms with Gasteiger partial charge in [-0.15, -0.1) is 0 Å². The van der Waals surface area contributed by atoms with E-state index >= 15 is 0 Å². The fraction of sp³-hybridized carbons (Fsp3) is 0.400. The van der Waals surface area contributed by atoms with Gasteiger partial charge in [0, 0.05) is 13.1 Å². The van der Waals surface area contributed by atoms with Crippen molar-refractivity contribution in [3.8, 4) is 5.75 Å². The van der Waals surface area contributed by atoms with Crippen LogP contribution in [0.1, 0.15) is 36.0 Å². The molecule has 0 saturated carbocycles. The number of rotatable bonds is 4. The fourth-order valence-electron chi connectivity index (χ4n) is 3.16. The van der Waals surface area contributed by atoms with Crippen LogP contribution < -0.4 is 4.74 Å². The molecule has 132 valence electrons. The Morgan fingerprint density at radius 2 is 1.64 bits per heavy atom. The highest BCUT2D eigenvalue weighted by molar-refractivity contribution is 5.99. The van der Waals surface area contributed by atoms with Crippen LogP contribution in [0.5, 0.6) is 5.75 Å². The highest BCUT2D eigenvalue weighted by Gasteiger charge is 2.20. The molecule has 0 spiro atoms. The molecule has 25 heavy (non-hydrogen) atoms. The number of amides is 1. The van der Waals surface area contributed by atoms with Crippen LogP contribution in [0.3, 0.4) is 0 Å². The third-order valence-electron chi connectivity index (χ3n) is 4.57. The largest absolute Gasteiger partial charge is 0.496 e. The van der Waals surface area contributed by atoms with E-state index in [0.29, 0.717) is 11.3 Å². The summed E-state index contributed by atoms with van der Waals surface area (Å²) in [5, 5.41) is 1.91. The molecule has 1 fully saturated rings. The summed E-state index contributed by atoms with van der Waals surface area (Å²) in [6.45, 7) is 1.26. The van der Waals surface area contributed by atoms with Crippen molar-refractivity contribution in [1.29, 1.82) is 0 Å². The minimum absolute atomic E-state index is 0.130. The lowest BCUT2D eigenvalue weighted by atomic mass is 10.1. The molecule has 1 aliphatic rings. The zero-order valence-electron chi connectivity index (χ0n) is 14.5. The van der Waals surface area contributed by atoms with Crippen molar-refractivity contribution in [2.45, 2.75) is 25.7 Å². The van der Waals surface area contributed by atoms with E-state index in [1.807, 2.05) is 30.3 Å². The Balaban J connectivity index is 1.70. The average Bonchev–Trinajstić information content (AvgIpc) is 2.94. The first-order valence-electron chi connectivity index (χ1n) is 8.71. The van der Waals surface area contributed by atoms with E-state index in [1.165, 1.54) is 7.11 Å². The fourth-order valence-corrected chi connectivity index (χ4v) is 3.16.